The summed E-state index contributed by atoms with van der Waals surface area (Å²) in [5.74, 6) is -0.0573. The summed E-state index contributed by atoms with van der Waals surface area (Å²) in [7, 11) is -0.524. The van der Waals surface area contributed by atoms with Gasteiger partial charge in [-0.25, -0.2) is 4.79 Å². The van der Waals surface area contributed by atoms with Crippen molar-refractivity contribution in [3.8, 4) is 5.75 Å². The lowest BCUT2D eigenvalue weighted by molar-refractivity contribution is 0.0598. The highest BCUT2D eigenvalue weighted by molar-refractivity contribution is 6.70. The molecule has 0 unspecified atom stereocenters. The Hall–Kier alpha value is -1.20. The molecule has 1 aromatic rings. The molecule has 1 rings (SSSR count). The van der Waals surface area contributed by atoms with Crippen molar-refractivity contribution in [1.29, 1.82) is 0 Å². The van der Waals surface area contributed by atoms with Crippen molar-refractivity contribution >= 4 is 31.6 Å². The van der Waals surface area contributed by atoms with Crippen LogP contribution in [-0.4, -0.2) is 21.4 Å². The van der Waals surface area contributed by atoms with E-state index < -0.39 is 14.3 Å². The molecule has 0 bridgehead atoms. The number of nitrogen functional groups attached to an aromatic ring is 1. The molecule has 0 spiro atoms. The summed E-state index contributed by atoms with van der Waals surface area (Å²) in [5, 5.41) is 0.313. The highest BCUT2D eigenvalue weighted by Gasteiger charge is 2.22. The molecule has 6 heteroatoms. The van der Waals surface area contributed by atoms with Gasteiger partial charge in [0, 0.05) is 6.07 Å². The van der Waals surface area contributed by atoms with Crippen LogP contribution in [0.4, 0.5) is 5.69 Å². The van der Waals surface area contributed by atoms with Crippen LogP contribution in [0.3, 0.4) is 0 Å². The molecule has 2 N–H and O–H groups in total. The van der Waals surface area contributed by atoms with Crippen LogP contribution in [0.1, 0.15) is 10.4 Å². The van der Waals surface area contributed by atoms with E-state index in [-0.39, 0.29) is 0 Å². The van der Waals surface area contributed by atoms with Gasteiger partial charge in [0.25, 0.3) is 0 Å². The first-order valence-corrected chi connectivity index (χ1v) is 8.89. The Morgan fingerprint density at radius 3 is 2.41 bits per heavy atom. The maximum absolute atomic E-state index is 11.6. The van der Waals surface area contributed by atoms with E-state index in [2.05, 4.69) is 4.74 Å². The third-order valence-corrected chi connectivity index (χ3v) is 3.08. The molecule has 0 amide bonds. The van der Waals surface area contributed by atoms with Gasteiger partial charge >= 0.3 is 5.97 Å². The molecular formula is C11H16ClNO3Si. The van der Waals surface area contributed by atoms with Crippen LogP contribution in [-0.2, 0) is 4.74 Å². The van der Waals surface area contributed by atoms with Gasteiger partial charge in [-0.3, -0.25) is 0 Å². The molecule has 0 aromatic heterocycles. The first-order chi connectivity index (χ1) is 7.74. The monoisotopic (exact) mass is 273 g/mol. The lowest BCUT2D eigenvalue weighted by Gasteiger charge is -2.21. The summed E-state index contributed by atoms with van der Waals surface area (Å²) in [6, 6.07) is 3.03. The Balaban J connectivity index is 3.26. The second-order valence-electron chi connectivity index (χ2n) is 4.58. The minimum Gasteiger partial charge on any atom is -0.544 e. The lowest BCUT2D eigenvalue weighted by Crippen LogP contribution is -2.30. The highest BCUT2D eigenvalue weighted by atomic mass is 35.5. The van der Waals surface area contributed by atoms with Crippen LogP contribution in [0.15, 0.2) is 12.1 Å². The fourth-order valence-electron chi connectivity index (χ4n) is 1.25. The zero-order valence-corrected chi connectivity index (χ0v) is 12.1. The van der Waals surface area contributed by atoms with E-state index in [1.165, 1.54) is 13.2 Å². The first kappa shape index (κ1) is 13.9. The summed E-state index contributed by atoms with van der Waals surface area (Å²) in [6.07, 6.45) is 0. The van der Waals surface area contributed by atoms with Crippen LogP contribution < -0.4 is 10.2 Å². The Morgan fingerprint density at radius 1 is 1.35 bits per heavy atom. The van der Waals surface area contributed by atoms with Crippen LogP contribution in [0, 0.1) is 0 Å². The number of anilines is 1. The van der Waals surface area contributed by atoms with Crippen molar-refractivity contribution in [2.45, 2.75) is 19.6 Å². The third kappa shape index (κ3) is 3.64. The average molecular weight is 274 g/mol. The summed E-state index contributed by atoms with van der Waals surface area (Å²) in [6.45, 7) is 6.04. The number of hydrogen-bond acceptors (Lipinski definition) is 4. The smallest absolute Gasteiger partial charge is 0.341 e. The van der Waals surface area contributed by atoms with Crippen LogP contribution in [0.25, 0.3) is 0 Å². The number of ether oxygens (including phenoxy) is 1. The molecule has 0 fully saturated rings. The van der Waals surface area contributed by atoms with Gasteiger partial charge in [0.1, 0.15) is 11.3 Å². The van der Waals surface area contributed by atoms with E-state index in [9.17, 15) is 4.79 Å². The van der Waals surface area contributed by atoms with Crippen molar-refractivity contribution in [3.05, 3.63) is 22.7 Å². The molecular weight excluding hydrogens is 258 g/mol. The number of rotatable bonds is 3. The van der Waals surface area contributed by atoms with Gasteiger partial charge in [0.05, 0.1) is 17.8 Å². The number of hydrogen-bond donors (Lipinski definition) is 1. The minimum atomic E-state index is -1.83. The third-order valence-electron chi connectivity index (χ3n) is 1.92. The number of nitrogens with two attached hydrogens (primary N) is 1. The molecule has 94 valence electrons. The minimum absolute atomic E-state index is 0.300. The Labute approximate surface area is 107 Å². The Morgan fingerprint density at radius 2 is 1.94 bits per heavy atom. The largest absolute Gasteiger partial charge is 0.544 e. The Kier molecular flexibility index (Phi) is 4.06. The number of benzene rings is 1. The zero-order chi connectivity index (χ0) is 13.2. The van der Waals surface area contributed by atoms with Crippen molar-refractivity contribution in [1.82, 2.24) is 0 Å². The van der Waals surface area contributed by atoms with Crippen LogP contribution in [0.2, 0.25) is 24.7 Å². The van der Waals surface area contributed by atoms with Gasteiger partial charge in [0.15, 0.2) is 0 Å². The van der Waals surface area contributed by atoms with E-state index in [0.717, 1.165) is 0 Å². The van der Waals surface area contributed by atoms with E-state index in [4.69, 9.17) is 21.8 Å². The van der Waals surface area contributed by atoms with Crippen LogP contribution >= 0.6 is 11.6 Å². The number of esters is 1. The molecule has 0 aliphatic rings. The van der Waals surface area contributed by atoms with Crippen molar-refractivity contribution < 1.29 is 14.0 Å². The predicted octanol–water partition coefficient (Wildman–Crippen LogP) is 2.92. The molecule has 0 aliphatic heterocycles. The summed E-state index contributed by atoms with van der Waals surface area (Å²) in [4.78, 5) is 11.6. The quantitative estimate of drug-likeness (QED) is 0.523. The standard InChI is InChI=1S/C11H16ClNO3Si/c1-15-11(14)7-5-8(12)9(13)6-10(7)16-17(2,3)4/h5-6H,13H2,1-4H3. The van der Waals surface area contributed by atoms with E-state index in [0.29, 0.717) is 22.0 Å². The predicted molar refractivity (Wildman–Crippen MR) is 71.2 cm³/mol. The van der Waals surface area contributed by atoms with Crippen molar-refractivity contribution in [2.75, 3.05) is 12.8 Å². The maximum Gasteiger partial charge on any atom is 0.341 e. The molecule has 0 saturated carbocycles. The molecule has 0 saturated heterocycles. The molecule has 4 nitrogen and oxygen atoms in total. The number of halogens is 1. The van der Waals surface area contributed by atoms with Gasteiger partial charge in [-0.2, -0.15) is 0 Å². The van der Waals surface area contributed by atoms with E-state index >= 15 is 0 Å². The molecule has 1 aromatic carbocycles. The summed E-state index contributed by atoms with van der Waals surface area (Å²) >= 11 is 5.88. The number of methoxy groups -OCH3 is 1. The van der Waals surface area contributed by atoms with Gasteiger partial charge in [-0.15, -0.1) is 0 Å². The Bertz CT molecular complexity index is 443. The normalized spacial score (nSPS) is 11.1. The van der Waals surface area contributed by atoms with Crippen LogP contribution in [0.5, 0.6) is 5.75 Å². The van der Waals surface area contributed by atoms with Crippen molar-refractivity contribution in [2.24, 2.45) is 0 Å². The van der Waals surface area contributed by atoms with Gasteiger partial charge < -0.3 is 14.9 Å². The molecule has 0 aliphatic carbocycles. The summed E-state index contributed by atoms with van der Waals surface area (Å²) in [5.41, 5.74) is 6.38. The lowest BCUT2D eigenvalue weighted by atomic mass is 10.2. The first-order valence-electron chi connectivity index (χ1n) is 5.11. The fourth-order valence-corrected chi connectivity index (χ4v) is 2.25. The highest BCUT2D eigenvalue weighted by Crippen LogP contribution is 2.31. The molecule has 17 heavy (non-hydrogen) atoms. The second kappa shape index (κ2) is 4.97. The maximum atomic E-state index is 11.6. The second-order valence-corrected chi connectivity index (χ2v) is 9.41. The molecule has 0 radical (unpaired) electrons. The fraction of sp³-hybridized carbons (Fsp3) is 0.364. The number of carbonyl (C=O) groups excluding carboxylic acids is 1. The average Bonchev–Trinajstić information content (AvgIpc) is 2.20. The van der Waals surface area contributed by atoms with E-state index in [1.807, 2.05) is 19.6 Å². The van der Waals surface area contributed by atoms with Crippen molar-refractivity contribution in [3.63, 3.8) is 0 Å². The number of carbonyl (C=O) groups is 1. The zero-order valence-electron chi connectivity index (χ0n) is 10.3. The van der Waals surface area contributed by atoms with E-state index in [1.54, 1.807) is 6.07 Å². The topological polar surface area (TPSA) is 61.5 Å². The molecule has 0 atom stereocenters. The van der Waals surface area contributed by atoms with Gasteiger partial charge in [-0.1, -0.05) is 11.6 Å². The van der Waals surface area contributed by atoms with Gasteiger partial charge in [0.2, 0.25) is 8.32 Å². The summed E-state index contributed by atoms with van der Waals surface area (Å²) < 4.78 is 10.5. The SMILES string of the molecule is COC(=O)c1cc(Cl)c(N)cc1O[Si](C)(C)C. The van der Waals surface area contributed by atoms with Gasteiger partial charge in [-0.05, 0) is 25.7 Å². The molecule has 0 heterocycles.